The van der Waals surface area contributed by atoms with Crippen molar-refractivity contribution in [1.82, 2.24) is 0 Å². The van der Waals surface area contributed by atoms with Crippen LogP contribution in [0.3, 0.4) is 0 Å². The summed E-state index contributed by atoms with van der Waals surface area (Å²) < 4.78 is 0. The van der Waals surface area contributed by atoms with E-state index in [2.05, 4.69) is 20.1 Å². The van der Waals surface area contributed by atoms with Crippen LogP contribution in [0.25, 0.3) is 0 Å². The Balaban J connectivity index is 3.34. The third-order valence-corrected chi connectivity index (χ3v) is 2.92. The lowest BCUT2D eigenvalue weighted by atomic mass is 9.93. The first kappa shape index (κ1) is 14.4. The van der Waals surface area contributed by atoms with Gasteiger partial charge in [-0.05, 0) is 32.3 Å². The van der Waals surface area contributed by atoms with Crippen molar-refractivity contribution in [2.24, 2.45) is 0 Å². The molecule has 0 radical (unpaired) electrons. The van der Waals surface area contributed by atoms with Crippen LogP contribution in [0.15, 0.2) is 30.9 Å². The van der Waals surface area contributed by atoms with E-state index in [0.717, 1.165) is 35.1 Å². The molecule has 0 aromatic heterocycles. The molecule has 0 spiro atoms. The van der Waals surface area contributed by atoms with Gasteiger partial charge in [-0.2, -0.15) is 0 Å². The van der Waals surface area contributed by atoms with Crippen LogP contribution in [0, 0.1) is 0 Å². The molecule has 0 aliphatic rings. The van der Waals surface area contributed by atoms with E-state index in [1.54, 1.807) is 12.1 Å². The molecule has 98 valence electrons. The fourth-order valence-electron chi connectivity index (χ4n) is 2.16. The smallest absolute Gasteiger partial charge is 0.123 e. The Bertz CT molecular complexity index is 459. The highest BCUT2D eigenvalue weighted by molar-refractivity contribution is 5.54. The number of phenolic OH excluding ortho intramolecular Hbond substituents is 2. The van der Waals surface area contributed by atoms with Crippen LogP contribution in [0.1, 0.15) is 37.0 Å². The van der Waals surface area contributed by atoms with Gasteiger partial charge < -0.3 is 10.2 Å². The van der Waals surface area contributed by atoms with E-state index in [1.807, 2.05) is 6.92 Å². The predicted octanol–water partition coefficient (Wildman–Crippen LogP) is 3.90. The number of allylic oxidation sites excluding steroid dienone is 2. The molecular formula is C16H22O2. The van der Waals surface area contributed by atoms with Gasteiger partial charge in [-0.1, -0.05) is 31.6 Å². The zero-order valence-electron chi connectivity index (χ0n) is 11.3. The Kier molecular flexibility index (Phi) is 5.02. The van der Waals surface area contributed by atoms with Crippen molar-refractivity contribution in [3.63, 3.8) is 0 Å². The highest BCUT2D eigenvalue weighted by Crippen LogP contribution is 2.35. The molecule has 1 rings (SSSR count). The number of aromatic hydroxyl groups is 2. The Hall–Kier alpha value is -1.70. The van der Waals surface area contributed by atoms with Gasteiger partial charge in [0.15, 0.2) is 0 Å². The zero-order valence-corrected chi connectivity index (χ0v) is 11.3. The van der Waals surface area contributed by atoms with Crippen LogP contribution >= 0.6 is 0 Å². The monoisotopic (exact) mass is 246 g/mol. The van der Waals surface area contributed by atoms with Crippen molar-refractivity contribution < 1.29 is 10.2 Å². The lowest BCUT2D eigenvalue weighted by Gasteiger charge is -2.15. The molecule has 1 aromatic rings. The molecule has 0 aliphatic heterocycles. The van der Waals surface area contributed by atoms with E-state index in [0.29, 0.717) is 12.8 Å². The van der Waals surface area contributed by atoms with E-state index in [-0.39, 0.29) is 11.5 Å². The summed E-state index contributed by atoms with van der Waals surface area (Å²) in [7, 11) is 0. The summed E-state index contributed by atoms with van der Waals surface area (Å²) in [6.07, 6.45) is 4.58. The summed E-state index contributed by atoms with van der Waals surface area (Å²) in [5.41, 5.74) is 3.32. The summed E-state index contributed by atoms with van der Waals surface area (Å²) in [6, 6.07) is 1.65. The summed E-state index contributed by atoms with van der Waals surface area (Å²) in [4.78, 5) is 0. The first-order valence-electron chi connectivity index (χ1n) is 6.32. The molecule has 2 heteroatoms. The van der Waals surface area contributed by atoms with Gasteiger partial charge in [0.1, 0.15) is 11.5 Å². The summed E-state index contributed by atoms with van der Waals surface area (Å²) >= 11 is 0. The zero-order chi connectivity index (χ0) is 13.7. The Morgan fingerprint density at radius 2 is 2.00 bits per heavy atom. The summed E-state index contributed by atoms with van der Waals surface area (Å²) in [6.45, 7) is 11.5. The molecular weight excluding hydrogens is 224 g/mol. The van der Waals surface area contributed by atoms with Gasteiger partial charge in [0.05, 0.1) is 0 Å². The molecule has 0 saturated heterocycles. The van der Waals surface area contributed by atoms with Gasteiger partial charge >= 0.3 is 0 Å². The number of benzene rings is 1. The molecule has 0 heterocycles. The van der Waals surface area contributed by atoms with Crippen LogP contribution in [-0.2, 0) is 19.3 Å². The van der Waals surface area contributed by atoms with Crippen LogP contribution in [-0.4, -0.2) is 10.2 Å². The number of hydrogen-bond donors (Lipinski definition) is 2. The average Bonchev–Trinajstić information content (AvgIpc) is 2.29. The Morgan fingerprint density at radius 3 is 2.50 bits per heavy atom. The topological polar surface area (TPSA) is 40.5 Å². The molecule has 2 N–H and O–H groups in total. The highest BCUT2D eigenvalue weighted by Gasteiger charge is 2.15. The minimum absolute atomic E-state index is 0.266. The van der Waals surface area contributed by atoms with Crippen LogP contribution in [0.4, 0.5) is 0 Å². The van der Waals surface area contributed by atoms with Gasteiger partial charge in [0.2, 0.25) is 0 Å². The Morgan fingerprint density at radius 1 is 1.33 bits per heavy atom. The van der Waals surface area contributed by atoms with Gasteiger partial charge in [0.25, 0.3) is 0 Å². The molecule has 18 heavy (non-hydrogen) atoms. The maximum atomic E-state index is 10.3. The lowest BCUT2D eigenvalue weighted by Crippen LogP contribution is -1.99. The van der Waals surface area contributed by atoms with Crippen molar-refractivity contribution in [2.45, 2.75) is 39.5 Å². The van der Waals surface area contributed by atoms with Crippen molar-refractivity contribution in [1.29, 1.82) is 0 Å². The van der Waals surface area contributed by atoms with Gasteiger partial charge in [-0.3, -0.25) is 0 Å². The van der Waals surface area contributed by atoms with Gasteiger partial charge in [0, 0.05) is 16.7 Å². The maximum absolute atomic E-state index is 10.3. The fourth-order valence-corrected chi connectivity index (χ4v) is 2.16. The molecule has 1 aromatic carbocycles. The number of rotatable bonds is 6. The third kappa shape index (κ3) is 3.16. The lowest BCUT2D eigenvalue weighted by molar-refractivity contribution is 0.444. The van der Waals surface area contributed by atoms with E-state index in [1.165, 1.54) is 0 Å². The van der Waals surface area contributed by atoms with Crippen molar-refractivity contribution in [2.75, 3.05) is 0 Å². The van der Waals surface area contributed by atoms with E-state index < -0.39 is 0 Å². The first-order valence-corrected chi connectivity index (χ1v) is 6.32. The SMILES string of the molecule is C=CCc1c(O)c(CC(=C)C)cc(O)c1CCC. The van der Waals surface area contributed by atoms with Crippen molar-refractivity contribution in [3.8, 4) is 11.5 Å². The maximum Gasteiger partial charge on any atom is 0.123 e. The van der Waals surface area contributed by atoms with E-state index in [9.17, 15) is 10.2 Å². The normalized spacial score (nSPS) is 10.3. The molecule has 0 bridgehead atoms. The predicted molar refractivity (Wildman–Crippen MR) is 76.2 cm³/mol. The van der Waals surface area contributed by atoms with Gasteiger partial charge in [-0.15, -0.1) is 6.58 Å². The molecule has 2 nitrogen and oxygen atoms in total. The summed E-state index contributed by atoms with van der Waals surface area (Å²) in [5, 5.41) is 20.4. The van der Waals surface area contributed by atoms with Crippen LogP contribution in [0.5, 0.6) is 11.5 Å². The number of hydrogen-bond acceptors (Lipinski definition) is 2. The quantitative estimate of drug-likeness (QED) is 0.590. The summed E-state index contributed by atoms with van der Waals surface area (Å²) in [5.74, 6) is 0.543. The minimum atomic E-state index is 0.266. The fraction of sp³-hybridized carbons (Fsp3) is 0.375. The third-order valence-electron chi connectivity index (χ3n) is 2.92. The second-order valence-corrected chi connectivity index (χ2v) is 4.74. The van der Waals surface area contributed by atoms with E-state index in [4.69, 9.17) is 0 Å². The molecule has 0 saturated carbocycles. The van der Waals surface area contributed by atoms with Crippen LogP contribution < -0.4 is 0 Å². The standard InChI is InChI=1S/C16H22O2/c1-5-7-13-14(8-6-2)16(18)12(9-11(3)4)10-15(13)17/h6,10,17-18H,2-3,5,7-9H2,1,4H3. The largest absolute Gasteiger partial charge is 0.508 e. The molecule has 0 amide bonds. The number of phenols is 2. The Labute approximate surface area is 109 Å². The van der Waals surface area contributed by atoms with Crippen LogP contribution in [0.2, 0.25) is 0 Å². The second kappa shape index (κ2) is 6.29. The molecule has 0 aliphatic carbocycles. The van der Waals surface area contributed by atoms with E-state index >= 15 is 0 Å². The highest BCUT2D eigenvalue weighted by atomic mass is 16.3. The second-order valence-electron chi connectivity index (χ2n) is 4.74. The van der Waals surface area contributed by atoms with Crippen molar-refractivity contribution >= 4 is 0 Å². The molecule has 0 fully saturated rings. The minimum Gasteiger partial charge on any atom is -0.508 e. The average molecular weight is 246 g/mol. The van der Waals surface area contributed by atoms with Crippen molar-refractivity contribution in [3.05, 3.63) is 47.6 Å². The first-order chi connectivity index (χ1) is 8.51. The molecule has 0 unspecified atom stereocenters. The van der Waals surface area contributed by atoms with Gasteiger partial charge in [-0.25, -0.2) is 0 Å². The molecule has 0 atom stereocenters.